The molecule has 4 aromatic carbocycles. The Kier molecular flexibility index (Phi) is 3.78. The Morgan fingerprint density at radius 1 is 0.667 bits per heavy atom. The van der Waals surface area contributed by atoms with E-state index in [9.17, 15) is 0 Å². The third kappa shape index (κ3) is 2.72. The van der Waals surface area contributed by atoms with Gasteiger partial charge in [-0.05, 0) is 52.2 Å². The quantitative estimate of drug-likeness (QED) is 0.341. The summed E-state index contributed by atoms with van der Waals surface area (Å²) in [6, 6.07) is 33.2. The van der Waals surface area contributed by atoms with E-state index in [2.05, 4.69) is 77.0 Å². The van der Waals surface area contributed by atoms with Crippen LogP contribution in [0.4, 0.5) is 11.5 Å². The van der Waals surface area contributed by atoms with Crippen molar-refractivity contribution >= 4 is 44.2 Å². The average molecular weight is 386 g/mol. The van der Waals surface area contributed by atoms with Crippen LogP contribution in [0.5, 0.6) is 0 Å². The Bertz CT molecular complexity index is 1530. The number of anilines is 2. The molecule has 0 spiro atoms. The van der Waals surface area contributed by atoms with E-state index in [4.69, 9.17) is 4.42 Å². The minimum atomic E-state index is 0.804. The molecule has 0 aliphatic carbocycles. The van der Waals surface area contributed by atoms with Gasteiger partial charge in [0.05, 0.1) is 11.1 Å². The second-order valence-corrected chi connectivity index (χ2v) is 7.36. The van der Waals surface area contributed by atoms with Crippen molar-refractivity contribution in [3.8, 4) is 11.1 Å². The third-order valence-electron chi connectivity index (χ3n) is 5.53. The zero-order valence-electron chi connectivity index (χ0n) is 16.2. The number of pyridine rings is 1. The molecule has 1 N–H and O–H groups in total. The van der Waals surface area contributed by atoms with E-state index in [1.165, 1.54) is 16.3 Å². The van der Waals surface area contributed by atoms with Gasteiger partial charge in [0.2, 0.25) is 0 Å². The van der Waals surface area contributed by atoms with E-state index in [1.54, 1.807) is 0 Å². The van der Waals surface area contributed by atoms with Gasteiger partial charge in [-0.15, -0.1) is 0 Å². The molecule has 0 saturated heterocycles. The molecule has 3 heteroatoms. The van der Waals surface area contributed by atoms with Crippen molar-refractivity contribution < 1.29 is 4.42 Å². The first-order chi connectivity index (χ1) is 14.9. The molecule has 2 heterocycles. The topological polar surface area (TPSA) is 38.1 Å². The fourth-order valence-electron chi connectivity index (χ4n) is 4.16. The SMILES string of the molecule is c1ccc2c(-c3ccnc(Nc4cccc5oc6ccccc6c45)c3)cccc2c1. The van der Waals surface area contributed by atoms with E-state index in [1.807, 2.05) is 36.5 Å². The largest absolute Gasteiger partial charge is 0.456 e. The molecule has 0 aliphatic rings. The number of para-hydroxylation sites is 1. The van der Waals surface area contributed by atoms with Crippen LogP contribution in [-0.2, 0) is 0 Å². The lowest BCUT2D eigenvalue weighted by Gasteiger charge is -2.10. The highest BCUT2D eigenvalue weighted by molar-refractivity contribution is 6.12. The Hall–Kier alpha value is -4.11. The van der Waals surface area contributed by atoms with Crippen molar-refractivity contribution in [1.82, 2.24) is 4.98 Å². The second kappa shape index (κ2) is 6.75. The number of benzene rings is 4. The van der Waals surface area contributed by atoms with E-state index < -0.39 is 0 Å². The van der Waals surface area contributed by atoms with Gasteiger partial charge in [-0.25, -0.2) is 4.98 Å². The van der Waals surface area contributed by atoms with Crippen molar-refractivity contribution in [3.63, 3.8) is 0 Å². The fourth-order valence-corrected chi connectivity index (χ4v) is 4.16. The number of aromatic nitrogens is 1. The number of hydrogen-bond donors (Lipinski definition) is 1. The van der Waals surface area contributed by atoms with Gasteiger partial charge in [-0.1, -0.05) is 66.7 Å². The molecule has 142 valence electrons. The number of fused-ring (bicyclic) bond motifs is 4. The summed E-state index contributed by atoms with van der Waals surface area (Å²) in [5, 5.41) is 8.15. The molecule has 0 atom stereocenters. The first kappa shape index (κ1) is 16.8. The van der Waals surface area contributed by atoms with Crippen LogP contribution in [0.2, 0.25) is 0 Å². The molecule has 0 aliphatic heterocycles. The Morgan fingerprint density at radius 3 is 2.40 bits per heavy atom. The molecule has 3 nitrogen and oxygen atoms in total. The summed E-state index contributed by atoms with van der Waals surface area (Å²) in [5.41, 5.74) is 5.07. The van der Waals surface area contributed by atoms with Crippen LogP contribution in [0, 0.1) is 0 Å². The number of nitrogens with one attached hydrogen (secondary N) is 1. The minimum Gasteiger partial charge on any atom is -0.456 e. The van der Waals surface area contributed by atoms with Crippen LogP contribution in [0.25, 0.3) is 43.8 Å². The van der Waals surface area contributed by atoms with Crippen molar-refractivity contribution in [2.45, 2.75) is 0 Å². The van der Waals surface area contributed by atoms with E-state index in [-0.39, 0.29) is 0 Å². The van der Waals surface area contributed by atoms with E-state index >= 15 is 0 Å². The summed E-state index contributed by atoms with van der Waals surface area (Å²) in [5.74, 6) is 0.804. The molecule has 6 aromatic rings. The van der Waals surface area contributed by atoms with Gasteiger partial charge in [0, 0.05) is 11.6 Å². The van der Waals surface area contributed by atoms with Crippen molar-refractivity contribution in [3.05, 3.63) is 103 Å². The van der Waals surface area contributed by atoms with Crippen molar-refractivity contribution in [2.24, 2.45) is 0 Å². The lowest BCUT2D eigenvalue weighted by Crippen LogP contribution is -1.94. The second-order valence-electron chi connectivity index (χ2n) is 7.36. The molecule has 0 unspecified atom stereocenters. The predicted molar refractivity (Wildman–Crippen MR) is 124 cm³/mol. The summed E-state index contributed by atoms with van der Waals surface area (Å²) in [6.07, 6.45) is 1.85. The Balaban J connectivity index is 1.46. The van der Waals surface area contributed by atoms with Gasteiger partial charge in [-0.3, -0.25) is 0 Å². The summed E-state index contributed by atoms with van der Waals surface area (Å²) >= 11 is 0. The highest BCUT2D eigenvalue weighted by Crippen LogP contribution is 2.36. The molecule has 6 rings (SSSR count). The maximum atomic E-state index is 6.01. The normalized spacial score (nSPS) is 11.3. The van der Waals surface area contributed by atoms with Crippen LogP contribution in [0.3, 0.4) is 0 Å². The monoisotopic (exact) mass is 386 g/mol. The molecule has 0 radical (unpaired) electrons. The maximum Gasteiger partial charge on any atom is 0.137 e. The number of rotatable bonds is 3. The molecule has 0 saturated carbocycles. The van der Waals surface area contributed by atoms with Gasteiger partial charge in [0.15, 0.2) is 0 Å². The number of furan rings is 1. The first-order valence-electron chi connectivity index (χ1n) is 9.98. The highest BCUT2D eigenvalue weighted by Gasteiger charge is 2.11. The highest BCUT2D eigenvalue weighted by atomic mass is 16.3. The summed E-state index contributed by atoms with van der Waals surface area (Å²) in [7, 11) is 0. The van der Waals surface area contributed by atoms with E-state index in [0.717, 1.165) is 39.0 Å². The molecule has 2 aromatic heterocycles. The van der Waals surface area contributed by atoms with Gasteiger partial charge < -0.3 is 9.73 Å². The van der Waals surface area contributed by atoms with Crippen molar-refractivity contribution in [1.29, 1.82) is 0 Å². The molecule has 0 amide bonds. The summed E-state index contributed by atoms with van der Waals surface area (Å²) < 4.78 is 6.01. The van der Waals surface area contributed by atoms with Gasteiger partial charge in [0.25, 0.3) is 0 Å². The molecule has 0 bridgehead atoms. The smallest absolute Gasteiger partial charge is 0.137 e. The number of hydrogen-bond acceptors (Lipinski definition) is 3. The Morgan fingerprint density at radius 2 is 1.43 bits per heavy atom. The van der Waals surface area contributed by atoms with Gasteiger partial charge in [0.1, 0.15) is 17.0 Å². The minimum absolute atomic E-state index is 0.804. The van der Waals surface area contributed by atoms with Crippen LogP contribution in [-0.4, -0.2) is 4.98 Å². The van der Waals surface area contributed by atoms with E-state index in [0.29, 0.717) is 0 Å². The molecular formula is C27H18N2O. The zero-order chi connectivity index (χ0) is 19.9. The van der Waals surface area contributed by atoms with Gasteiger partial charge >= 0.3 is 0 Å². The molecule has 30 heavy (non-hydrogen) atoms. The predicted octanol–water partition coefficient (Wildman–Crippen LogP) is 7.54. The Labute approximate surface area is 173 Å². The lowest BCUT2D eigenvalue weighted by molar-refractivity contribution is 0.669. The van der Waals surface area contributed by atoms with Crippen LogP contribution in [0.1, 0.15) is 0 Å². The third-order valence-corrected chi connectivity index (χ3v) is 5.53. The summed E-state index contributed by atoms with van der Waals surface area (Å²) in [6.45, 7) is 0. The van der Waals surface area contributed by atoms with Crippen LogP contribution >= 0.6 is 0 Å². The lowest BCUT2D eigenvalue weighted by atomic mass is 9.99. The zero-order valence-corrected chi connectivity index (χ0v) is 16.2. The van der Waals surface area contributed by atoms with Gasteiger partial charge in [-0.2, -0.15) is 0 Å². The van der Waals surface area contributed by atoms with Crippen LogP contribution in [0.15, 0.2) is 108 Å². The number of nitrogens with zero attached hydrogens (tertiary/aromatic N) is 1. The summed E-state index contributed by atoms with van der Waals surface area (Å²) in [4.78, 5) is 4.57. The van der Waals surface area contributed by atoms with Crippen molar-refractivity contribution in [2.75, 3.05) is 5.32 Å². The molecular weight excluding hydrogens is 368 g/mol. The standard InChI is InChI=1S/C27H18N2O/c1-2-9-20-18(7-1)8-5-11-21(20)19-15-16-28-26(17-19)29-23-12-6-14-25-27(23)22-10-3-4-13-24(22)30-25/h1-17H,(H,28,29). The first-order valence-corrected chi connectivity index (χ1v) is 9.98. The fraction of sp³-hybridized carbons (Fsp3) is 0. The molecule has 0 fully saturated rings. The maximum absolute atomic E-state index is 6.01. The average Bonchev–Trinajstić information content (AvgIpc) is 3.18. The van der Waals surface area contributed by atoms with Crippen LogP contribution < -0.4 is 5.32 Å².